The molecule has 0 saturated heterocycles. The lowest BCUT2D eigenvalue weighted by Crippen LogP contribution is -2.31. The minimum atomic E-state index is 0.555. The zero-order valence-corrected chi connectivity index (χ0v) is 11.5. The van der Waals surface area contributed by atoms with Gasteiger partial charge in [-0.1, -0.05) is 19.8 Å². The minimum Gasteiger partial charge on any atom is -0.336 e. The average Bonchev–Trinajstić information content (AvgIpc) is 3.00. The summed E-state index contributed by atoms with van der Waals surface area (Å²) in [4.78, 5) is 4.39. The van der Waals surface area contributed by atoms with E-state index >= 15 is 0 Å². The Morgan fingerprint density at radius 2 is 2.22 bits per heavy atom. The summed E-state index contributed by atoms with van der Waals surface area (Å²) < 4.78 is 2.06. The second kappa shape index (κ2) is 6.34. The van der Waals surface area contributed by atoms with Crippen LogP contribution in [0.3, 0.4) is 0 Å². The Morgan fingerprint density at radius 1 is 1.44 bits per heavy atom. The molecule has 2 rings (SSSR count). The van der Waals surface area contributed by atoms with Gasteiger partial charge in [0.25, 0.3) is 0 Å². The van der Waals surface area contributed by atoms with E-state index in [-0.39, 0.29) is 0 Å². The lowest BCUT2D eigenvalue weighted by molar-refractivity contribution is 0.268. The van der Waals surface area contributed by atoms with Gasteiger partial charge in [-0.2, -0.15) is 0 Å². The Kier molecular flexibility index (Phi) is 4.78. The quantitative estimate of drug-likeness (QED) is 0.777. The fourth-order valence-electron chi connectivity index (χ4n) is 3.01. The third-order valence-corrected chi connectivity index (χ3v) is 4.29. The van der Waals surface area contributed by atoms with Gasteiger partial charge < -0.3 is 15.6 Å². The van der Waals surface area contributed by atoms with E-state index in [4.69, 9.17) is 5.73 Å². The van der Waals surface area contributed by atoms with Crippen molar-refractivity contribution in [2.45, 2.75) is 52.1 Å². The van der Waals surface area contributed by atoms with Crippen molar-refractivity contribution in [3.63, 3.8) is 0 Å². The van der Waals surface area contributed by atoms with Crippen LogP contribution in [-0.2, 0) is 13.1 Å². The molecule has 1 fully saturated rings. The van der Waals surface area contributed by atoms with E-state index in [9.17, 15) is 0 Å². The van der Waals surface area contributed by atoms with E-state index in [1.807, 2.05) is 6.33 Å². The molecule has 0 bridgehead atoms. The summed E-state index contributed by atoms with van der Waals surface area (Å²) in [7, 11) is 0. The smallest absolute Gasteiger partial charge is 0.0950 e. The maximum atomic E-state index is 5.52. The number of rotatable bonds is 7. The van der Waals surface area contributed by atoms with Gasteiger partial charge in [0.05, 0.1) is 12.0 Å². The van der Waals surface area contributed by atoms with Crippen LogP contribution in [0.4, 0.5) is 0 Å². The Labute approximate surface area is 110 Å². The number of nitrogens with zero attached hydrogens (tertiary/aromatic N) is 2. The Morgan fingerprint density at radius 3 is 2.89 bits per heavy atom. The highest BCUT2D eigenvalue weighted by molar-refractivity contribution is 4.97. The molecular formula is C14H26N4. The molecule has 1 saturated carbocycles. The molecule has 1 aromatic heterocycles. The summed E-state index contributed by atoms with van der Waals surface area (Å²) in [5.41, 5.74) is 7.20. The number of hydrogen-bond acceptors (Lipinski definition) is 3. The van der Waals surface area contributed by atoms with Crippen LogP contribution < -0.4 is 11.1 Å². The third kappa shape index (κ3) is 3.33. The van der Waals surface area contributed by atoms with Gasteiger partial charge in [0.2, 0.25) is 0 Å². The molecule has 1 heterocycles. The van der Waals surface area contributed by atoms with Gasteiger partial charge in [0.1, 0.15) is 0 Å². The van der Waals surface area contributed by atoms with Gasteiger partial charge in [-0.15, -0.1) is 0 Å². The van der Waals surface area contributed by atoms with Crippen molar-refractivity contribution >= 4 is 0 Å². The number of nitrogens with two attached hydrogens (primary N) is 1. The van der Waals surface area contributed by atoms with E-state index in [0.29, 0.717) is 12.0 Å². The van der Waals surface area contributed by atoms with Crippen LogP contribution in [0.25, 0.3) is 0 Å². The standard InChI is InChI=1S/C14H26N4/c1-2-14(5-3-4-6-14)11-16-9-13-10-18(8-7-15)12-17-13/h10,12,16H,2-9,11,15H2,1H3. The Bertz CT molecular complexity index is 352. The second-order valence-electron chi connectivity index (χ2n) is 5.56. The number of hydrogen-bond donors (Lipinski definition) is 2. The predicted octanol–water partition coefficient (Wildman–Crippen LogP) is 1.90. The summed E-state index contributed by atoms with van der Waals surface area (Å²) in [6.45, 7) is 5.85. The molecule has 1 aliphatic rings. The number of aromatic nitrogens is 2. The molecule has 0 amide bonds. The maximum Gasteiger partial charge on any atom is 0.0950 e. The maximum absolute atomic E-state index is 5.52. The third-order valence-electron chi connectivity index (χ3n) is 4.29. The SMILES string of the molecule is CCC1(CNCc2cn(CCN)cn2)CCCC1. The van der Waals surface area contributed by atoms with Crippen molar-refractivity contribution in [2.75, 3.05) is 13.1 Å². The van der Waals surface area contributed by atoms with E-state index < -0.39 is 0 Å². The molecule has 3 N–H and O–H groups in total. The van der Waals surface area contributed by atoms with Crippen LogP contribution in [0.5, 0.6) is 0 Å². The lowest BCUT2D eigenvalue weighted by Gasteiger charge is -2.27. The molecule has 0 radical (unpaired) electrons. The summed E-state index contributed by atoms with van der Waals surface area (Å²) in [5.74, 6) is 0. The second-order valence-corrected chi connectivity index (χ2v) is 5.56. The Hall–Kier alpha value is -0.870. The van der Waals surface area contributed by atoms with Crippen LogP contribution in [0.15, 0.2) is 12.5 Å². The van der Waals surface area contributed by atoms with Gasteiger partial charge in [-0.25, -0.2) is 4.98 Å². The van der Waals surface area contributed by atoms with E-state index in [2.05, 4.69) is 28.0 Å². The van der Waals surface area contributed by atoms with Crippen molar-refractivity contribution in [1.29, 1.82) is 0 Å². The summed E-state index contributed by atoms with van der Waals surface area (Å²) >= 11 is 0. The fourth-order valence-corrected chi connectivity index (χ4v) is 3.01. The van der Waals surface area contributed by atoms with Crippen molar-refractivity contribution in [1.82, 2.24) is 14.9 Å². The molecule has 0 atom stereocenters. The molecule has 4 heteroatoms. The zero-order valence-electron chi connectivity index (χ0n) is 11.5. The highest BCUT2D eigenvalue weighted by Gasteiger charge is 2.31. The van der Waals surface area contributed by atoms with Crippen LogP contribution in [0, 0.1) is 5.41 Å². The molecule has 18 heavy (non-hydrogen) atoms. The molecular weight excluding hydrogens is 224 g/mol. The summed E-state index contributed by atoms with van der Waals surface area (Å²) in [6.07, 6.45) is 10.8. The van der Waals surface area contributed by atoms with E-state index in [1.54, 1.807) is 0 Å². The first-order valence-corrected chi connectivity index (χ1v) is 7.19. The van der Waals surface area contributed by atoms with Crippen LogP contribution in [-0.4, -0.2) is 22.6 Å². The van der Waals surface area contributed by atoms with E-state index in [1.165, 1.54) is 32.1 Å². The van der Waals surface area contributed by atoms with Crippen LogP contribution in [0.1, 0.15) is 44.7 Å². The largest absolute Gasteiger partial charge is 0.336 e. The monoisotopic (exact) mass is 250 g/mol. The molecule has 0 aliphatic heterocycles. The summed E-state index contributed by atoms with van der Waals surface area (Å²) in [5, 5.41) is 3.58. The molecule has 0 aromatic carbocycles. The zero-order chi connectivity index (χ0) is 12.8. The summed E-state index contributed by atoms with van der Waals surface area (Å²) in [6, 6.07) is 0. The molecule has 0 spiro atoms. The highest BCUT2D eigenvalue weighted by atomic mass is 15.1. The highest BCUT2D eigenvalue weighted by Crippen LogP contribution is 2.40. The molecule has 102 valence electrons. The Balaban J connectivity index is 1.76. The lowest BCUT2D eigenvalue weighted by atomic mass is 9.83. The molecule has 4 nitrogen and oxygen atoms in total. The van der Waals surface area contributed by atoms with Gasteiger partial charge >= 0.3 is 0 Å². The number of nitrogens with one attached hydrogen (secondary N) is 1. The normalized spacial score (nSPS) is 18.3. The average molecular weight is 250 g/mol. The van der Waals surface area contributed by atoms with Crippen molar-refractivity contribution in [3.8, 4) is 0 Å². The molecule has 1 aliphatic carbocycles. The first kappa shape index (κ1) is 13.6. The molecule has 0 unspecified atom stereocenters. The van der Waals surface area contributed by atoms with Crippen molar-refractivity contribution in [3.05, 3.63) is 18.2 Å². The first-order chi connectivity index (χ1) is 8.78. The number of imidazole rings is 1. The minimum absolute atomic E-state index is 0.555. The van der Waals surface area contributed by atoms with Gasteiger partial charge in [-0.3, -0.25) is 0 Å². The predicted molar refractivity (Wildman–Crippen MR) is 74.2 cm³/mol. The van der Waals surface area contributed by atoms with Crippen molar-refractivity contribution in [2.24, 2.45) is 11.1 Å². The van der Waals surface area contributed by atoms with Gasteiger partial charge in [0.15, 0.2) is 0 Å². The van der Waals surface area contributed by atoms with Gasteiger partial charge in [-0.05, 0) is 24.7 Å². The van der Waals surface area contributed by atoms with Crippen molar-refractivity contribution < 1.29 is 0 Å². The van der Waals surface area contributed by atoms with Crippen LogP contribution in [0.2, 0.25) is 0 Å². The van der Waals surface area contributed by atoms with Crippen LogP contribution >= 0.6 is 0 Å². The van der Waals surface area contributed by atoms with E-state index in [0.717, 1.165) is 25.3 Å². The fraction of sp³-hybridized carbons (Fsp3) is 0.786. The first-order valence-electron chi connectivity index (χ1n) is 7.19. The molecule has 1 aromatic rings. The topological polar surface area (TPSA) is 55.9 Å². The van der Waals surface area contributed by atoms with Gasteiger partial charge in [0, 0.05) is 32.4 Å².